The number of likely N-dealkylation sites (tertiary alicyclic amines) is 1. The topological polar surface area (TPSA) is 40.6 Å². The van der Waals surface area contributed by atoms with E-state index in [1.54, 1.807) is 6.08 Å². The smallest absolute Gasteiger partial charge is 0.227 e. The zero-order valence-electron chi connectivity index (χ0n) is 10.7. The predicted molar refractivity (Wildman–Crippen MR) is 67.7 cm³/mol. The zero-order chi connectivity index (χ0) is 12.7. The maximum atomic E-state index is 12.2. The molecule has 0 aromatic heterocycles. The van der Waals surface area contributed by atoms with Gasteiger partial charge < -0.3 is 9.80 Å². The lowest BCUT2D eigenvalue weighted by molar-refractivity contribution is -0.155. The molecule has 3 saturated heterocycles. The van der Waals surface area contributed by atoms with Gasteiger partial charge in [-0.2, -0.15) is 0 Å². The van der Waals surface area contributed by atoms with Gasteiger partial charge in [-0.1, -0.05) is 6.08 Å². The molecular weight excluding hydrogens is 228 g/mol. The first-order chi connectivity index (χ1) is 8.70. The summed E-state index contributed by atoms with van der Waals surface area (Å²) >= 11 is 0. The van der Waals surface area contributed by atoms with Crippen LogP contribution in [0.3, 0.4) is 0 Å². The van der Waals surface area contributed by atoms with Crippen LogP contribution in [0.25, 0.3) is 0 Å². The van der Waals surface area contributed by atoms with Crippen molar-refractivity contribution in [1.29, 1.82) is 0 Å². The van der Waals surface area contributed by atoms with Crippen LogP contribution in [-0.4, -0.2) is 47.3 Å². The number of amides is 2. The van der Waals surface area contributed by atoms with Gasteiger partial charge >= 0.3 is 0 Å². The van der Waals surface area contributed by atoms with Gasteiger partial charge in [-0.3, -0.25) is 9.59 Å². The van der Waals surface area contributed by atoms with Gasteiger partial charge in [-0.15, -0.1) is 6.58 Å². The molecule has 0 saturated carbocycles. The molecule has 0 aliphatic carbocycles. The molecule has 2 bridgehead atoms. The van der Waals surface area contributed by atoms with Gasteiger partial charge in [0, 0.05) is 32.1 Å². The van der Waals surface area contributed by atoms with Crippen molar-refractivity contribution in [3.63, 3.8) is 0 Å². The molecule has 4 heteroatoms. The summed E-state index contributed by atoms with van der Waals surface area (Å²) < 4.78 is 0. The highest BCUT2D eigenvalue weighted by atomic mass is 16.2. The third-order valence-corrected chi connectivity index (χ3v) is 4.63. The zero-order valence-corrected chi connectivity index (χ0v) is 10.7. The van der Waals surface area contributed by atoms with Crippen LogP contribution in [0.15, 0.2) is 12.7 Å². The molecule has 0 spiro atoms. The minimum absolute atomic E-state index is 0.0296. The molecule has 0 radical (unpaired) electrons. The predicted octanol–water partition coefficient (Wildman–Crippen LogP) is 1.03. The highest BCUT2D eigenvalue weighted by Crippen LogP contribution is 2.38. The van der Waals surface area contributed by atoms with Crippen molar-refractivity contribution in [3.8, 4) is 0 Å². The lowest BCUT2D eigenvalue weighted by atomic mass is 9.75. The number of fused-ring (bicyclic) bond motifs is 4. The maximum absolute atomic E-state index is 12.2. The van der Waals surface area contributed by atoms with Gasteiger partial charge in [0.25, 0.3) is 0 Å². The SMILES string of the molecule is C=CCN1C[C@H]2C[C@@H](CN3C(=O)CCCC23)C1=O. The van der Waals surface area contributed by atoms with Crippen molar-refractivity contribution < 1.29 is 9.59 Å². The Hall–Kier alpha value is -1.32. The van der Waals surface area contributed by atoms with Gasteiger partial charge in [0.05, 0.1) is 5.92 Å². The molecule has 1 unspecified atom stereocenters. The van der Waals surface area contributed by atoms with Crippen molar-refractivity contribution >= 4 is 11.8 Å². The molecule has 0 N–H and O–H groups in total. The van der Waals surface area contributed by atoms with Crippen molar-refractivity contribution in [2.75, 3.05) is 19.6 Å². The molecule has 98 valence electrons. The van der Waals surface area contributed by atoms with Crippen molar-refractivity contribution in [2.24, 2.45) is 11.8 Å². The molecule has 0 aromatic carbocycles. The minimum Gasteiger partial charge on any atom is -0.339 e. The fraction of sp³-hybridized carbons (Fsp3) is 0.714. The number of nitrogens with zero attached hydrogens (tertiary/aromatic N) is 2. The molecule has 0 aromatic rings. The monoisotopic (exact) mass is 248 g/mol. The highest BCUT2D eigenvalue weighted by molar-refractivity contribution is 5.83. The summed E-state index contributed by atoms with van der Waals surface area (Å²) in [6.45, 7) is 5.81. The van der Waals surface area contributed by atoms with Crippen LogP contribution >= 0.6 is 0 Å². The molecule has 3 aliphatic heterocycles. The van der Waals surface area contributed by atoms with E-state index in [0.29, 0.717) is 31.5 Å². The van der Waals surface area contributed by atoms with E-state index in [2.05, 4.69) is 6.58 Å². The van der Waals surface area contributed by atoms with Crippen LogP contribution in [0.2, 0.25) is 0 Å². The lowest BCUT2D eigenvalue weighted by Crippen LogP contribution is -2.62. The summed E-state index contributed by atoms with van der Waals surface area (Å²) in [5.74, 6) is 0.974. The van der Waals surface area contributed by atoms with E-state index in [-0.39, 0.29) is 17.7 Å². The first-order valence-electron chi connectivity index (χ1n) is 6.90. The lowest BCUT2D eigenvalue weighted by Gasteiger charge is -2.51. The highest BCUT2D eigenvalue weighted by Gasteiger charge is 2.47. The first kappa shape index (κ1) is 11.8. The number of carbonyl (C=O) groups is 2. The van der Waals surface area contributed by atoms with E-state index in [9.17, 15) is 9.59 Å². The van der Waals surface area contributed by atoms with Gasteiger partial charge in [-0.25, -0.2) is 0 Å². The summed E-state index contributed by atoms with van der Waals surface area (Å²) in [6.07, 6.45) is 5.56. The van der Waals surface area contributed by atoms with E-state index in [1.165, 1.54) is 0 Å². The number of rotatable bonds is 2. The van der Waals surface area contributed by atoms with Gasteiger partial charge in [-0.05, 0) is 25.2 Å². The van der Waals surface area contributed by atoms with E-state index in [1.807, 2.05) is 9.80 Å². The molecule has 3 rings (SSSR count). The largest absolute Gasteiger partial charge is 0.339 e. The first-order valence-corrected chi connectivity index (χ1v) is 6.90. The summed E-state index contributed by atoms with van der Waals surface area (Å²) in [5.41, 5.74) is 0. The second kappa shape index (κ2) is 4.41. The summed E-state index contributed by atoms with van der Waals surface area (Å²) in [6, 6.07) is 0.378. The summed E-state index contributed by atoms with van der Waals surface area (Å²) in [4.78, 5) is 28.1. The fourth-order valence-corrected chi connectivity index (χ4v) is 3.84. The number of hydrogen-bond acceptors (Lipinski definition) is 2. The van der Waals surface area contributed by atoms with Crippen LogP contribution in [0.1, 0.15) is 25.7 Å². The molecular formula is C14H20N2O2. The normalized spacial score (nSPS) is 35.4. The van der Waals surface area contributed by atoms with E-state index < -0.39 is 0 Å². The van der Waals surface area contributed by atoms with Crippen LogP contribution in [-0.2, 0) is 9.59 Å². The van der Waals surface area contributed by atoms with Crippen molar-refractivity contribution in [3.05, 3.63) is 12.7 Å². The van der Waals surface area contributed by atoms with Crippen molar-refractivity contribution in [1.82, 2.24) is 9.80 Å². The Labute approximate surface area is 108 Å². The summed E-state index contributed by atoms with van der Waals surface area (Å²) in [5, 5.41) is 0. The quantitative estimate of drug-likeness (QED) is 0.685. The van der Waals surface area contributed by atoms with E-state index in [0.717, 1.165) is 25.8 Å². The second-order valence-electron chi connectivity index (χ2n) is 5.73. The van der Waals surface area contributed by atoms with Gasteiger partial charge in [0.1, 0.15) is 0 Å². The van der Waals surface area contributed by atoms with E-state index in [4.69, 9.17) is 0 Å². The molecule has 3 fully saturated rings. The van der Waals surface area contributed by atoms with Gasteiger partial charge in [0.15, 0.2) is 0 Å². The second-order valence-corrected chi connectivity index (χ2v) is 5.73. The average molecular weight is 248 g/mol. The molecule has 3 atom stereocenters. The Balaban J connectivity index is 1.82. The Morgan fingerprint density at radius 1 is 1.33 bits per heavy atom. The number of piperidine rings is 3. The Kier molecular flexibility index (Phi) is 2.88. The molecule has 3 aliphatic rings. The molecule has 4 nitrogen and oxygen atoms in total. The minimum atomic E-state index is 0.0296. The Morgan fingerprint density at radius 3 is 2.94 bits per heavy atom. The van der Waals surface area contributed by atoms with Crippen LogP contribution < -0.4 is 0 Å². The standard InChI is InChI=1S/C14H20N2O2/c1-2-6-15-8-10-7-11(14(15)18)9-16-12(10)4-3-5-13(16)17/h2,10-12H,1,3-9H2/t10-,11+,12?/m1/s1. The molecule has 2 amide bonds. The van der Waals surface area contributed by atoms with Crippen LogP contribution in [0.4, 0.5) is 0 Å². The average Bonchev–Trinajstić information content (AvgIpc) is 2.37. The third kappa shape index (κ3) is 1.74. The molecule has 18 heavy (non-hydrogen) atoms. The number of hydrogen-bond donors (Lipinski definition) is 0. The van der Waals surface area contributed by atoms with Gasteiger partial charge in [0.2, 0.25) is 11.8 Å². The van der Waals surface area contributed by atoms with Crippen molar-refractivity contribution in [2.45, 2.75) is 31.7 Å². The van der Waals surface area contributed by atoms with Crippen LogP contribution in [0, 0.1) is 11.8 Å². The molecule has 3 heterocycles. The van der Waals surface area contributed by atoms with E-state index >= 15 is 0 Å². The Morgan fingerprint density at radius 2 is 2.17 bits per heavy atom. The third-order valence-electron chi connectivity index (χ3n) is 4.63. The Bertz CT molecular complexity index is 393. The fourth-order valence-electron chi connectivity index (χ4n) is 3.84. The van der Waals surface area contributed by atoms with Crippen LogP contribution in [0.5, 0.6) is 0 Å². The maximum Gasteiger partial charge on any atom is 0.227 e. The number of carbonyl (C=O) groups excluding carboxylic acids is 2. The summed E-state index contributed by atoms with van der Waals surface area (Å²) in [7, 11) is 0.